The summed E-state index contributed by atoms with van der Waals surface area (Å²) in [7, 11) is 0. The fourth-order valence-corrected chi connectivity index (χ4v) is 4.38. The molecule has 2 aliphatic heterocycles. The third-order valence-corrected chi connectivity index (χ3v) is 6.70. The van der Waals surface area contributed by atoms with Crippen molar-refractivity contribution < 1.29 is 24.5 Å². The number of ether oxygens (including phenoxy) is 1. The van der Waals surface area contributed by atoms with Crippen LogP contribution in [0.4, 0.5) is 5.69 Å². The average Bonchev–Trinajstić information content (AvgIpc) is 3.41. The first-order valence-electron chi connectivity index (χ1n) is 11.6. The summed E-state index contributed by atoms with van der Waals surface area (Å²) in [6, 6.07) is 14.8. The van der Waals surface area contributed by atoms with Gasteiger partial charge in [0.15, 0.2) is 0 Å². The van der Waals surface area contributed by atoms with Crippen LogP contribution in [-0.4, -0.2) is 40.2 Å². The van der Waals surface area contributed by atoms with Gasteiger partial charge in [-0.1, -0.05) is 48.0 Å². The second-order valence-electron chi connectivity index (χ2n) is 8.82. The lowest BCUT2D eigenvalue weighted by Gasteiger charge is -2.20. The maximum Gasteiger partial charge on any atom is 0.310 e. The van der Waals surface area contributed by atoms with Crippen LogP contribution in [0.2, 0.25) is 5.02 Å². The van der Waals surface area contributed by atoms with E-state index in [1.165, 1.54) is 0 Å². The number of aliphatic carboxylic acids is 2. The Labute approximate surface area is 214 Å². The predicted molar refractivity (Wildman–Crippen MR) is 138 cm³/mol. The molecule has 0 saturated carbocycles. The van der Waals surface area contributed by atoms with Crippen LogP contribution in [0.25, 0.3) is 0 Å². The molecule has 2 N–H and O–H groups in total. The van der Waals surface area contributed by atoms with Crippen molar-refractivity contribution in [3.8, 4) is 11.6 Å². The van der Waals surface area contributed by atoms with E-state index in [2.05, 4.69) is 22.0 Å². The zero-order chi connectivity index (χ0) is 25.8. The number of fused-ring (bicyclic) bond motifs is 2. The lowest BCUT2D eigenvalue weighted by Crippen LogP contribution is -2.19. The Kier molecular flexibility index (Phi) is 7.60. The van der Waals surface area contributed by atoms with E-state index in [1.54, 1.807) is 32.2 Å². The van der Waals surface area contributed by atoms with Crippen LogP contribution in [0.3, 0.4) is 0 Å². The summed E-state index contributed by atoms with van der Waals surface area (Å²) in [6.07, 6.45) is 6.59. The Morgan fingerprint density at radius 1 is 0.944 bits per heavy atom. The molecule has 2 atom stereocenters. The number of benzene rings is 2. The van der Waals surface area contributed by atoms with Crippen molar-refractivity contribution >= 4 is 29.2 Å². The van der Waals surface area contributed by atoms with Crippen molar-refractivity contribution in [2.24, 2.45) is 0 Å². The first-order chi connectivity index (χ1) is 17.2. The van der Waals surface area contributed by atoms with E-state index < -0.39 is 23.8 Å². The number of pyridine rings is 1. The largest absolute Gasteiger partial charge is 0.481 e. The molecule has 186 valence electrons. The van der Waals surface area contributed by atoms with Gasteiger partial charge in [-0.05, 0) is 54.8 Å². The fourth-order valence-electron chi connectivity index (χ4n) is 4.08. The molecule has 5 rings (SSSR count). The molecular formula is C28H27ClN2O5. The average molecular weight is 507 g/mol. The number of aromatic nitrogens is 1. The van der Waals surface area contributed by atoms with Gasteiger partial charge in [-0.3, -0.25) is 9.59 Å². The van der Waals surface area contributed by atoms with E-state index in [0.717, 1.165) is 53.2 Å². The van der Waals surface area contributed by atoms with Crippen molar-refractivity contribution in [2.75, 3.05) is 18.0 Å². The van der Waals surface area contributed by atoms with Crippen LogP contribution in [0.5, 0.6) is 11.6 Å². The molecule has 8 heteroatoms. The number of rotatable bonds is 5. The molecule has 0 fully saturated rings. The molecule has 2 unspecified atom stereocenters. The molecule has 1 aromatic heterocycles. The highest BCUT2D eigenvalue weighted by molar-refractivity contribution is 6.33. The van der Waals surface area contributed by atoms with Gasteiger partial charge in [0, 0.05) is 31.3 Å². The number of anilines is 1. The number of halogens is 1. The van der Waals surface area contributed by atoms with Crippen molar-refractivity contribution in [3.63, 3.8) is 0 Å². The van der Waals surface area contributed by atoms with Crippen LogP contribution in [0, 0.1) is 0 Å². The predicted octanol–water partition coefficient (Wildman–Crippen LogP) is 5.87. The molecule has 0 aliphatic carbocycles. The van der Waals surface area contributed by atoms with Crippen LogP contribution >= 0.6 is 11.6 Å². The summed E-state index contributed by atoms with van der Waals surface area (Å²) in [5.74, 6) is -1.31. The number of carboxylic acids is 2. The quantitative estimate of drug-likeness (QED) is 0.326. The smallest absolute Gasteiger partial charge is 0.310 e. The molecule has 36 heavy (non-hydrogen) atoms. The molecule has 0 bridgehead atoms. The molecular weight excluding hydrogens is 480 g/mol. The number of nitrogens with zero attached hydrogens (tertiary/aromatic N) is 2. The van der Waals surface area contributed by atoms with Gasteiger partial charge in [0.1, 0.15) is 5.75 Å². The van der Waals surface area contributed by atoms with E-state index >= 15 is 0 Å². The van der Waals surface area contributed by atoms with Crippen molar-refractivity contribution in [2.45, 2.75) is 32.1 Å². The number of carbonyl (C=O) groups is 2. The van der Waals surface area contributed by atoms with Crippen LogP contribution in [0.15, 0.2) is 66.9 Å². The Morgan fingerprint density at radius 2 is 1.58 bits per heavy atom. The molecule has 0 amide bonds. The van der Waals surface area contributed by atoms with E-state index in [1.807, 2.05) is 36.4 Å². The number of carboxylic acid groups (broad SMARTS) is 2. The zero-order valence-corrected chi connectivity index (χ0v) is 20.8. The highest BCUT2D eigenvalue weighted by atomic mass is 35.5. The second kappa shape index (κ2) is 10.8. The fraction of sp³-hybridized carbons (Fsp3) is 0.250. The van der Waals surface area contributed by atoms with E-state index in [9.17, 15) is 9.59 Å². The first kappa shape index (κ1) is 25.3. The van der Waals surface area contributed by atoms with E-state index in [4.69, 9.17) is 26.6 Å². The maximum atomic E-state index is 11.0. The van der Waals surface area contributed by atoms with E-state index in [-0.39, 0.29) is 0 Å². The van der Waals surface area contributed by atoms with E-state index in [0.29, 0.717) is 10.9 Å². The first-order valence-corrected chi connectivity index (χ1v) is 12.0. The van der Waals surface area contributed by atoms with Gasteiger partial charge in [-0.2, -0.15) is 0 Å². The monoisotopic (exact) mass is 506 g/mol. The van der Waals surface area contributed by atoms with Gasteiger partial charge in [0.2, 0.25) is 5.88 Å². The molecule has 0 radical (unpaired) electrons. The minimum Gasteiger partial charge on any atom is -0.481 e. The Hall–Kier alpha value is -3.84. The summed E-state index contributed by atoms with van der Waals surface area (Å²) < 4.78 is 5.71. The SMILES string of the molecule is CC(C(=O)O)c1ccc(N2CC=CC2)c(Cl)c1.CC(C(=O)O)c1ccc2c(c1)Cc1cccnc1O2. The standard InChI is InChI=1S/C15H13NO3.C13H14ClNO2/c1-9(15(17)18)10-4-5-13-12(7-10)8-11-3-2-6-16-14(11)19-13;1-9(13(16)17)10-4-5-12(11(14)8-10)15-6-2-3-7-15/h2-7,9H,8H2,1H3,(H,17,18);2-5,8-9H,6-7H2,1H3,(H,16,17). The molecule has 3 heterocycles. The minimum absolute atomic E-state index is 0.513. The Morgan fingerprint density at radius 3 is 2.22 bits per heavy atom. The summed E-state index contributed by atoms with van der Waals surface area (Å²) in [5, 5.41) is 18.6. The third kappa shape index (κ3) is 5.52. The van der Waals surface area contributed by atoms with Crippen molar-refractivity contribution in [1.82, 2.24) is 4.98 Å². The molecule has 3 aromatic rings. The molecule has 2 aromatic carbocycles. The minimum atomic E-state index is -0.836. The van der Waals surface area contributed by atoms with Crippen molar-refractivity contribution in [1.29, 1.82) is 0 Å². The maximum absolute atomic E-state index is 11.0. The Balaban J connectivity index is 0.000000170. The lowest BCUT2D eigenvalue weighted by molar-refractivity contribution is -0.139. The van der Waals surface area contributed by atoms with Gasteiger partial charge >= 0.3 is 11.9 Å². The number of hydrogen-bond acceptors (Lipinski definition) is 5. The van der Waals surface area contributed by atoms with Crippen LogP contribution in [-0.2, 0) is 16.0 Å². The highest BCUT2D eigenvalue weighted by Crippen LogP contribution is 2.36. The second-order valence-corrected chi connectivity index (χ2v) is 9.23. The van der Waals surface area contributed by atoms with Gasteiger partial charge in [0.05, 0.1) is 22.5 Å². The Bertz CT molecular complexity index is 1320. The summed E-state index contributed by atoms with van der Waals surface area (Å²) in [6.45, 7) is 5.05. The highest BCUT2D eigenvalue weighted by Gasteiger charge is 2.21. The topological polar surface area (TPSA) is 100.0 Å². The summed E-state index contributed by atoms with van der Waals surface area (Å²) in [4.78, 5) is 28.2. The summed E-state index contributed by atoms with van der Waals surface area (Å²) >= 11 is 6.20. The third-order valence-electron chi connectivity index (χ3n) is 6.39. The number of hydrogen-bond donors (Lipinski definition) is 2. The molecule has 0 spiro atoms. The van der Waals surface area contributed by atoms with Crippen molar-refractivity contribution in [3.05, 3.63) is 94.2 Å². The van der Waals surface area contributed by atoms with Gasteiger partial charge < -0.3 is 19.8 Å². The lowest BCUT2D eigenvalue weighted by atomic mass is 9.95. The molecule has 2 aliphatic rings. The summed E-state index contributed by atoms with van der Waals surface area (Å²) in [5.41, 5.74) is 4.51. The molecule has 0 saturated heterocycles. The van der Waals surface area contributed by atoms with Gasteiger partial charge in [-0.15, -0.1) is 0 Å². The van der Waals surface area contributed by atoms with Gasteiger partial charge in [-0.25, -0.2) is 4.98 Å². The van der Waals surface area contributed by atoms with Crippen LogP contribution < -0.4 is 9.64 Å². The zero-order valence-electron chi connectivity index (χ0n) is 20.0. The molecule has 7 nitrogen and oxygen atoms in total. The van der Waals surface area contributed by atoms with Crippen LogP contribution in [0.1, 0.15) is 47.9 Å². The normalized spacial score (nSPS) is 15.0. The van der Waals surface area contributed by atoms with Gasteiger partial charge in [0.25, 0.3) is 0 Å².